The zero-order valence-electron chi connectivity index (χ0n) is 13.4. The highest BCUT2D eigenvalue weighted by Gasteiger charge is 2.09. The first-order chi connectivity index (χ1) is 10.0. The van der Waals surface area contributed by atoms with Crippen LogP contribution in [0.5, 0.6) is 0 Å². The van der Waals surface area contributed by atoms with E-state index in [2.05, 4.69) is 44.6 Å². The van der Waals surface area contributed by atoms with Gasteiger partial charge in [0, 0.05) is 44.5 Å². The van der Waals surface area contributed by atoms with Crippen LogP contribution in [0, 0.1) is 6.92 Å². The number of aromatic nitrogens is 2. The third-order valence-electron chi connectivity index (χ3n) is 3.37. The molecule has 0 unspecified atom stereocenters. The van der Waals surface area contributed by atoms with Gasteiger partial charge in [0.2, 0.25) is 0 Å². The molecule has 2 rings (SSSR count). The first-order valence-electron chi connectivity index (χ1n) is 7.14. The van der Waals surface area contributed by atoms with Crippen molar-refractivity contribution in [3.05, 3.63) is 35.7 Å². The minimum absolute atomic E-state index is 0.807. The van der Waals surface area contributed by atoms with Crippen molar-refractivity contribution in [3.63, 3.8) is 0 Å². The van der Waals surface area contributed by atoms with Crippen LogP contribution in [0.25, 0.3) is 0 Å². The van der Waals surface area contributed by atoms with Crippen LogP contribution in [0.1, 0.15) is 18.3 Å². The van der Waals surface area contributed by atoms with Gasteiger partial charge in [-0.3, -0.25) is 0 Å². The molecule has 112 valence electrons. The lowest BCUT2D eigenvalue weighted by atomic mass is 10.2. The van der Waals surface area contributed by atoms with Crippen molar-refractivity contribution < 1.29 is 0 Å². The molecule has 2 aromatic rings. The molecule has 0 aliphatic carbocycles. The van der Waals surface area contributed by atoms with Crippen LogP contribution in [0.3, 0.4) is 0 Å². The van der Waals surface area contributed by atoms with Crippen molar-refractivity contribution in [2.45, 2.75) is 20.3 Å². The molecule has 2 N–H and O–H groups in total. The fraction of sp³-hybridized carbons (Fsp3) is 0.375. The maximum absolute atomic E-state index is 4.59. The fourth-order valence-electron chi connectivity index (χ4n) is 2.08. The van der Waals surface area contributed by atoms with Gasteiger partial charge in [-0.25, -0.2) is 9.97 Å². The van der Waals surface area contributed by atoms with Gasteiger partial charge in [-0.05, 0) is 25.1 Å². The lowest BCUT2D eigenvalue weighted by Crippen LogP contribution is -2.09. The lowest BCUT2D eigenvalue weighted by molar-refractivity contribution is 0.935. The molecule has 5 nitrogen and oxygen atoms in total. The summed E-state index contributed by atoms with van der Waals surface area (Å²) >= 11 is 0. The molecule has 0 fully saturated rings. The molecule has 0 bridgehead atoms. The lowest BCUT2D eigenvalue weighted by Gasteiger charge is -2.16. The fourth-order valence-corrected chi connectivity index (χ4v) is 2.08. The van der Waals surface area contributed by atoms with E-state index < -0.39 is 0 Å². The van der Waals surface area contributed by atoms with Crippen LogP contribution in [-0.2, 0) is 6.42 Å². The molecular formula is C16H23N5. The summed E-state index contributed by atoms with van der Waals surface area (Å²) < 4.78 is 0. The average molecular weight is 285 g/mol. The molecule has 0 saturated carbocycles. The quantitative estimate of drug-likeness (QED) is 0.883. The monoisotopic (exact) mass is 285 g/mol. The van der Waals surface area contributed by atoms with Gasteiger partial charge in [0.15, 0.2) is 0 Å². The second-order valence-corrected chi connectivity index (χ2v) is 5.14. The third kappa shape index (κ3) is 3.42. The standard InChI is InChI=1S/C16H23N5/c1-6-14-19-15(17-3)11(2)16(20-14)18-12-8-7-9-13(10-12)21(4)5/h7-10H,6H2,1-5H3,(H2,17,18,19,20). The molecule has 0 atom stereocenters. The van der Waals surface area contributed by atoms with Gasteiger partial charge >= 0.3 is 0 Å². The van der Waals surface area contributed by atoms with Gasteiger partial charge in [-0.1, -0.05) is 13.0 Å². The molecule has 21 heavy (non-hydrogen) atoms. The number of aryl methyl sites for hydroxylation is 1. The van der Waals surface area contributed by atoms with E-state index in [1.165, 1.54) is 0 Å². The van der Waals surface area contributed by atoms with Crippen LogP contribution in [0.4, 0.5) is 23.0 Å². The molecule has 0 aliphatic rings. The maximum Gasteiger partial charge on any atom is 0.139 e. The van der Waals surface area contributed by atoms with Crippen LogP contribution < -0.4 is 15.5 Å². The molecule has 1 heterocycles. The number of nitrogens with zero attached hydrogens (tertiary/aromatic N) is 3. The molecule has 1 aromatic heterocycles. The van der Waals surface area contributed by atoms with Crippen LogP contribution in [-0.4, -0.2) is 31.1 Å². The largest absolute Gasteiger partial charge is 0.378 e. The zero-order valence-corrected chi connectivity index (χ0v) is 13.4. The van der Waals surface area contributed by atoms with Crippen LogP contribution in [0.15, 0.2) is 24.3 Å². The summed E-state index contributed by atoms with van der Waals surface area (Å²) in [5.41, 5.74) is 3.19. The van der Waals surface area contributed by atoms with Crippen molar-refractivity contribution in [2.24, 2.45) is 0 Å². The summed E-state index contributed by atoms with van der Waals surface area (Å²) in [5.74, 6) is 2.55. The molecule has 0 radical (unpaired) electrons. The Hall–Kier alpha value is -2.30. The first-order valence-corrected chi connectivity index (χ1v) is 7.14. The van der Waals surface area contributed by atoms with Gasteiger partial charge in [0.25, 0.3) is 0 Å². The molecule has 0 amide bonds. The molecule has 5 heteroatoms. The van der Waals surface area contributed by atoms with E-state index >= 15 is 0 Å². The predicted octanol–water partition coefficient (Wildman–Crippen LogP) is 3.20. The Kier molecular flexibility index (Phi) is 4.62. The number of hydrogen-bond acceptors (Lipinski definition) is 5. The summed E-state index contributed by atoms with van der Waals surface area (Å²) in [6, 6.07) is 8.26. The second-order valence-electron chi connectivity index (χ2n) is 5.14. The van der Waals surface area contributed by atoms with E-state index in [0.717, 1.165) is 40.8 Å². The van der Waals surface area contributed by atoms with E-state index in [9.17, 15) is 0 Å². The Balaban J connectivity index is 2.36. The van der Waals surface area contributed by atoms with Crippen molar-refractivity contribution in [3.8, 4) is 0 Å². The highest BCUT2D eigenvalue weighted by Crippen LogP contribution is 2.25. The first kappa shape index (κ1) is 15.1. The highest BCUT2D eigenvalue weighted by molar-refractivity contribution is 5.67. The minimum atomic E-state index is 0.807. The SMILES string of the molecule is CCc1nc(NC)c(C)c(Nc2cccc(N(C)C)c2)n1. The normalized spacial score (nSPS) is 10.3. The van der Waals surface area contributed by atoms with E-state index in [-0.39, 0.29) is 0 Å². The average Bonchev–Trinajstić information content (AvgIpc) is 2.49. The summed E-state index contributed by atoms with van der Waals surface area (Å²) in [7, 11) is 5.94. The van der Waals surface area contributed by atoms with Gasteiger partial charge in [-0.2, -0.15) is 0 Å². The van der Waals surface area contributed by atoms with Crippen molar-refractivity contribution >= 4 is 23.0 Å². The van der Waals surface area contributed by atoms with Gasteiger partial charge < -0.3 is 15.5 Å². The zero-order chi connectivity index (χ0) is 15.4. The molecule has 0 spiro atoms. The molecular weight excluding hydrogens is 262 g/mol. The Bertz CT molecular complexity index is 622. The molecule has 0 aliphatic heterocycles. The third-order valence-corrected chi connectivity index (χ3v) is 3.37. The summed E-state index contributed by atoms with van der Waals surface area (Å²) in [5, 5.41) is 6.53. The van der Waals surface area contributed by atoms with Gasteiger partial charge in [-0.15, -0.1) is 0 Å². The summed E-state index contributed by atoms with van der Waals surface area (Å²) in [4.78, 5) is 11.2. The van der Waals surface area contributed by atoms with E-state index in [4.69, 9.17) is 0 Å². The van der Waals surface area contributed by atoms with E-state index in [1.54, 1.807) is 0 Å². The summed E-state index contributed by atoms with van der Waals surface area (Å²) in [6.07, 6.45) is 0.807. The van der Waals surface area contributed by atoms with E-state index in [0.29, 0.717) is 0 Å². The topological polar surface area (TPSA) is 53.1 Å². The summed E-state index contributed by atoms with van der Waals surface area (Å²) in [6.45, 7) is 4.07. The van der Waals surface area contributed by atoms with E-state index in [1.807, 2.05) is 40.2 Å². The number of hydrogen-bond donors (Lipinski definition) is 2. The van der Waals surface area contributed by atoms with Crippen LogP contribution in [0.2, 0.25) is 0 Å². The van der Waals surface area contributed by atoms with Crippen molar-refractivity contribution in [2.75, 3.05) is 36.7 Å². The molecule has 1 aromatic carbocycles. The predicted molar refractivity (Wildman–Crippen MR) is 89.7 cm³/mol. The van der Waals surface area contributed by atoms with Gasteiger partial charge in [0.05, 0.1) is 0 Å². The Morgan fingerprint density at radius 1 is 1.14 bits per heavy atom. The number of benzene rings is 1. The smallest absolute Gasteiger partial charge is 0.139 e. The van der Waals surface area contributed by atoms with Crippen LogP contribution >= 0.6 is 0 Å². The minimum Gasteiger partial charge on any atom is -0.378 e. The van der Waals surface area contributed by atoms with Crippen molar-refractivity contribution in [1.29, 1.82) is 0 Å². The number of rotatable bonds is 5. The Morgan fingerprint density at radius 3 is 2.48 bits per heavy atom. The second kappa shape index (κ2) is 6.43. The highest BCUT2D eigenvalue weighted by atomic mass is 15.1. The number of nitrogens with one attached hydrogen (secondary N) is 2. The maximum atomic E-state index is 4.59. The van der Waals surface area contributed by atoms with Crippen molar-refractivity contribution in [1.82, 2.24) is 9.97 Å². The van der Waals surface area contributed by atoms with Gasteiger partial charge in [0.1, 0.15) is 17.5 Å². The Morgan fingerprint density at radius 2 is 1.86 bits per heavy atom. The molecule has 0 saturated heterocycles. The Labute approximate surface area is 126 Å². The number of anilines is 4.